The van der Waals surface area contributed by atoms with Gasteiger partial charge in [0.15, 0.2) is 5.65 Å². The average molecular weight is 711 g/mol. The zero-order valence-corrected chi connectivity index (χ0v) is 30.7. The Labute approximate surface area is 304 Å². The molecule has 0 radical (unpaired) electrons. The lowest BCUT2D eigenvalue weighted by Gasteiger charge is -2.39. The summed E-state index contributed by atoms with van der Waals surface area (Å²) in [6.07, 6.45) is 6.87. The summed E-state index contributed by atoms with van der Waals surface area (Å²) in [4.78, 5) is 17.6. The summed E-state index contributed by atoms with van der Waals surface area (Å²) in [5.74, 6) is 2.13. The van der Waals surface area contributed by atoms with Crippen LogP contribution < -0.4 is 20.3 Å². The van der Waals surface area contributed by atoms with Crippen molar-refractivity contribution in [3.05, 3.63) is 94.3 Å². The molecule has 2 aromatic carbocycles. The second kappa shape index (κ2) is 13.8. The lowest BCUT2D eigenvalue weighted by atomic mass is 9.84. The third-order valence-electron chi connectivity index (χ3n) is 10.4. The van der Waals surface area contributed by atoms with Crippen LogP contribution >= 0.6 is 11.6 Å². The molecule has 0 saturated carbocycles. The summed E-state index contributed by atoms with van der Waals surface area (Å²) in [5, 5.41) is 24.3. The standard InChI is InChI=1S/C39H47ClN8O3/c1-24-9-8-10-25(2)46(24)38-43-42-35-18-14-28(23-45(35)38)51-33-17-16-32(29-11-6-7-12-30(29)33)47(37(41)50)36-22-34(39(3,4)5)44-48(36)27-13-15-31(40)26(21-27)19-20-49/h6-7,11-15,18,21-25,32-33,49H,8-10,16-17,19-20H2,1-5H3,(H2,41,50)/t24-,25+,32-,33+/m0/s1. The van der Waals surface area contributed by atoms with Crippen molar-refractivity contribution in [3.8, 4) is 11.4 Å². The van der Waals surface area contributed by atoms with Gasteiger partial charge in [-0.15, -0.1) is 10.2 Å². The Morgan fingerprint density at radius 1 is 1.00 bits per heavy atom. The van der Waals surface area contributed by atoms with Crippen molar-refractivity contribution in [1.29, 1.82) is 0 Å². The van der Waals surface area contributed by atoms with Crippen LogP contribution in [0.5, 0.6) is 5.75 Å². The zero-order chi connectivity index (χ0) is 36.0. The number of anilines is 2. The van der Waals surface area contributed by atoms with Gasteiger partial charge < -0.3 is 20.5 Å². The van der Waals surface area contributed by atoms with Crippen LogP contribution in [0.4, 0.5) is 16.6 Å². The van der Waals surface area contributed by atoms with E-state index < -0.39 is 6.03 Å². The minimum atomic E-state index is -0.577. The lowest BCUT2D eigenvalue weighted by Crippen LogP contribution is -2.44. The first-order valence-electron chi connectivity index (χ1n) is 17.9. The fourth-order valence-electron chi connectivity index (χ4n) is 7.73. The maximum atomic E-state index is 13.6. The molecule has 0 bridgehead atoms. The number of pyridine rings is 1. The second-order valence-electron chi connectivity index (χ2n) is 15.0. The number of aliphatic hydroxyl groups is 1. The molecule has 7 rings (SSSR count). The molecule has 2 aliphatic rings. The third kappa shape index (κ3) is 6.65. The molecular weight excluding hydrogens is 664 g/mol. The SMILES string of the molecule is C[C@@H]1CCC[C@H](C)N1c1nnc2ccc(O[C@@H]3CC[C@H](N(C(N)=O)c4cc(C(C)(C)C)nn4-c4ccc(Cl)c(CCO)c4)c4ccccc43)cn12. The van der Waals surface area contributed by atoms with Crippen LogP contribution in [0.1, 0.15) is 101 Å². The number of urea groups is 1. The zero-order valence-electron chi connectivity index (χ0n) is 30.0. The summed E-state index contributed by atoms with van der Waals surface area (Å²) in [6.45, 7) is 10.7. The van der Waals surface area contributed by atoms with Gasteiger partial charge in [0.25, 0.3) is 0 Å². The van der Waals surface area contributed by atoms with Crippen molar-refractivity contribution in [2.45, 2.75) is 103 Å². The Morgan fingerprint density at radius 3 is 2.45 bits per heavy atom. The van der Waals surface area contributed by atoms with Crippen LogP contribution in [-0.4, -0.2) is 54.2 Å². The molecule has 4 atom stereocenters. The van der Waals surface area contributed by atoms with E-state index in [9.17, 15) is 9.90 Å². The van der Waals surface area contributed by atoms with E-state index in [1.54, 1.807) is 15.6 Å². The normalized spacial score (nSPS) is 20.7. The van der Waals surface area contributed by atoms with E-state index in [0.29, 0.717) is 42.2 Å². The number of halogens is 1. The Balaban J connectivity index is 1.24. The number of hydrogen-bond donors (Lipinski definition) is 2. The van der Waals surface area contributed by atoms with Gasteiger partial charge >= 0.3 is 6.03 Å². The number of aromatic nitrogens is 5. The number of amides is 2. The monoisotopic (exact) mass is 710 g/mol. The predicted molar refractivity (Wildman–Crippen MR) is 200 cm³/mol. The molecule has 268 valence electrons. The van der Waals surface area contributed by atoms with Crippen LogP contribution in [0.3, 0.4) is 0 Å². The Hall–Kier alpha value is -4.61. The highest BCUT2D eigenvalue weighted by Crippen LogP contribution is 2.44. The van der Waals surface area contributed by atoms with Gasteiger partial charge in [0.05, 0.1) is 23.6 Å². The highest BCUT2D eigenvalue weighted by atomic mass is 35.5. The number of benzene rings is 2. The molecule has 51 heavy (non-hydrogen) atoms. The number of nitrogens with two attached hydrogens (primary N) is 1. The smallest absolute Gasteiger partial charge is 0.321 e. The summed E-state index contributed by atoms with van der Waals surface area (Å²) < 4.78 is 10.6. The molecule has 3 N–H and O–H groups in total. The number of fused-ring (bicyclic) bond motifs is 2. The predicted octanol–water partition coefficient (Wildman–Crippen LogP) is 7.71. The number of carbonyl (C=O) groups is 1. The molecule has 11 nitrogen and oxygen atoms in total. The van der Waals surface area contributed by atoms with E-state index in [1.807, 2.05) is 53.1 Å². The van der Waals surface area contributed by atoms with Gasteiger partial charge in [-0.2, -0.15) is 5.10 Å². The number of carbonyl (C=O) groups excluding carboxylic acids is 1. The van der Waals surface area contributed by atoms with Gasteiger partial charge in [0, 0.05) is 35.2 Å². The van der Waals surface area contributed by atoms with E-state index in [-0.39, 0.29) is 24.2 Å². The molecule has 2 amide bonds. The largest absolute Gasteiger partial charge is 0.484 e. The summed E-state index contributed by atoms with van der Waals surface area (Å²) in [5.41, 5.74) is 11.0. The number of hydrogen-bond acceptors (Lipinski definition) is 7. The molecule has 4 heterocycles. The number of ether oxygens (including phenoxy) is 1. The molecule has 5 aromatic rings. The molecule has 1 saturated heterocycles. The van der Waals surface area contributed by atoms with Crippen molar-refractivity contribution < 1.29 is 14.6 Å². The highest BCUT2D eigenvalue weighted by molar-refractivity contribution is 6.31. The number of piperidine rings is 1. The van der Waals surface area contributed by atoms with Crippen LogP contribution in [0.15, 0.2) is 66.9 Å². The molecule has 3 aromatic heterocycles. The van der Waals surface area contributed by atoms with Crippen molar-refractivity contribution in [1.82, 2.24) is 24.4 Å². The van der Waals surface area contributed by atoms with Crippen LogP contribution in [-0.2, 0) is 11.8 Å². The molecule has 0 spiro atoms. The minimum absolute atomic E-state index is 0.0387. The van der Waals surface area contributed by atoms with Crippen molar-refractivity contribution in [2.24, 2.45) is 5.73 Å². The fraction of sp³-hybridized carbons (Fsp3) is 0.436. The molecular formula is C39H47ClN8O3. The fourth-order valence-corrected chi connectivity index (χ4v) is 7.95. The molecule has 1 aliphatic carbocycles. The molecule has 0 unspecified atom stereocenters. The topological polar surface area (TPSA) is 127 Å². The number of nitrogens with zero attached hydrogens (tertiary/aromatic N) is 7. The van der Waals surface area contributed by atoms with E-state index in [2.05, 4.69) is 61.8 Å². The molecule has 1 fully saturated rings. The number of rotatable bonds is 8. The summed E-state index contributed by atoms with van der Waals surface area (Å²) >= 11 is 6.47. The van der Waals surface area contributed by atoms with Gasteiger partial charge in [-0.05, 0) is 99.4 Å². The van der Waals surface area contributed by atoms with Crippen LogP contribution in [0.2, 0.25) is 5.02 Å². The summed E-state index contributed by atoms with van der Waals surface area (Å²) in [7, 11) is 0. The van der Waals surface area contributed by atoms with Gasteiger partial charge in [-0.1, -0.05) is 56.6 Å². The van der Waals surface area contributed by atoms with Gasteiger partial charge in [-0.25, -0.2) is 9.48 Å². The van der Waals surface area contributed by atoms with E-state index in [0.717, 1.165) is 58.3 Å². The van der Waals surface area contributed by atoms with Crippen LogP contribution in [0.25, 0.3) is 11.3 Å². The number of primary amides is 1. The van der Waals surface area contributed by atoms with E-state index >= 15 is 0 Å². The summed E-state index contributed by atoms with van der Waals surface area (Å²) in [6, 6.07) is 19.4. The lowest BCUT2D eigenvalue weighted by molar-refractivity contribution is 0.174. The van der Waals surface area contributed by atoms with E-state index in [1.165, 1.54) is 6.42 Å². The first kappa shape index (κ1) is 34.8. The maximum Gasteiger partial charge on any atom is 0.321 e. The van der Waals surface area contributed by atoms with Gasteiger partial charge in [0.1, 0.15) is 17.7 Å². The average Bonchev–Trinajstić information content (AvgIpc) is 3.72. The molecule has 1 aliphatic heterocycles. The van der Waals surface area contributed by atoms with Crippen molar-refractivity contribution in [2.75, 3.05) is 16.4 Å². The second-order valence-corrected chi connectivity index (χ2v) is 15.4. The first-order chi connectivity index (χ1) is 24.4. The highest BCUT2D eigenvalue weighted by Gasteiger charge is 2.37. The third-order valence-corrected chi connectivity index (χ3v) is 10.7. The Bertz CT molecular complexity index is 2040. The van der Waals surface area contributed by atoms with Crippen LogP contribution in [0, 0.1) is 0 Å². The van der Waals surface area contributed by atoms with E-state index in [4.69, 9.17) is 27.2 Å². The quantitative estimate of drug-likeness (QED) is 0.169. The minimum Gasteiger partial charge on any atom is -0.484 e. The maximum absolute atomic E-state index is 13.6. The first-order valence-corrected chi connectivity index (χ1v) is 18.3. The van der Waals surface area contributed by atoms with Gasteiger partial charge in [0.2, 0.25) is 5.95 Å². The Kier molecular flexibility index (Phi) is 9.45. The molecule has 12 heteroatoms. The van der Waals surface area contributed by atoms with Crippen molar-refractivity contribution >= 4 is 35.0 Å². The Morgan fingerprint density at radius 2 is 1.75 bits per heavy atom. The van der Waals surface area contributed by atoms with Crippen molar-refractivity contribution in [3.63, 3.8) is 0 Å². The van der Waals surface area contributed by atoms with Gasteiger partial charge in [-0.3, -0.25) is 9.30 Å². The number of aliphatic hydroxyl groups excluding tert-OH is 1.